The van der Waals surface area contributed by atoms with Crippen molar-refractivity contribution in [2.24, 2.45) is 0 Å². The lowest BCUT2D eigenvalue weighted by Crippen LogP contribution is -1.98. The van der Waals surface area contributed by atoms with Crippen molar-refractivity contribution in [3.8, 4) is 33.6 Å². The summed E-state index contributed by atoms with van der Waals surface area (Å²) >= 11 is 0. The Kier molecular flexibility index (Phi) is 5.47. The highest BCUT2D eigenvalue weighted by Gasteiger charge is 2.22. The molecule has 9 aromatic rings. The van der Waals surface area contributed by atoms with Crippen LogP contribution in [-0.2, 0) is 0 Å². The lowest BCUT2D eigenvalue weighted by Gasteiger charge is -2.14. The monoisotopic (exact) mass is 562 g/mol. The molecule has 4 heterocycles. The van der Waals surface area contributed by atoms with E-state index < -0.39 is 0 Å². The van der Waals surface area contributed by atoms with Crippen molar-refractivity contribution in [2.75, 3.05) is 0 Å². The van der Waals surface area contributed by atoms with E-state index in [0.29, 0.717) is 0 Å². The Bertz CT molecular complexity index is 2420. The number of nitrogens with zero attached hydrogens (tertiary/aromatic N) is 4. The van der Waals surface area contributed by atoms with Gasteiger partial charge in [0.05, 0.1) is 27.5 Å². The van der Waals surface area contributed by atoms with Crippen LogP contribution in [0.4, 0.5) is 0 Å². The number of benzene rings is 5. The average molecular weight is 563 g/mol. The number of para-hydroxylation sites is 2. The third-order valence-corrected chi connectivity index (χ3v) is 8.57. The van der Waals surface area contributed by atoms with Gasteiger partial charge in [-0.3, -0.25) is 9.55 Å². The lowest BCUT2D eigenvalue weighted by molar-refractivity contribution is 1.14. The first kappa shape index (κ1) is 24.6. The largest absolute Gasteiger partial charge is 0.307 e. The van der Waals surface area contributed by atoms with Crippen LogP contribution in [0.1, 0.15) is 0 Å². The Morgan fingerprint density at radius 2 is 1.05 bits per heavy atom. The van der Waals surface area contributed by atoms with Crippen LogP contribution in [-0.4, -0.2) is 19.1 Å². The average Bonchev–Trinajstić information content (AvgIpc) is 3.62. The SMILES string of the molecule is c1ccc(-c2cc(-c3ccccc3)cc(-n3c4ccccc4c4c3ncc3c5ncccc5n(-c5ccccc5)c34)c2)cc1. The van der Waals surface area contributed by atoms with Gasteiger partial charge >= 0.3 is 0 Å². The second-order valence-electron chi connectivity index (χ2n) is 11.1. The van der Waals surface area contributed by atoms with Crippen molar-refractivity contribution in [1.29, 1.82) is 0 Å². The van der Waals surface area contributed by atoms with E-state index in [-0.39, 0.29) is 0 Å². The highest BCUT2D eigenvalue weighted by Crippen LogP contribution is 2.41. The van der Waals surface area contributed by atoms with Crippen LogP contribution in [0, 0.1) is 0 Å². The smallest absolute Gasteiger partial charge is 0.147 e. The Morgan fingerprint density at radius 3 is 1.75 bits per heavy atom. The summed E-state index contributed by atoms with van der Waals surface area (Å²) < 4.78 is 4.66. The number of hydrogen-bond donors (Lipinski definition) is 0. The number of aromatic nitrogens is 4. The van der Waals surface area contributed by atoms with E-state index >= 15 is 0 Å². The second kappa shape index (κ2) is 9.79. The topological polar surface area (TPSA) is 35.6 Å². The Labute approximate surface area is 254 Å². The maximum absolute atomic E-state index is 5.19. The van der Waals surface area contributed by atoms with Crippen molar-refractivity contribution < 1.29 is 0 Å². The second-order valence-corrected chi connectivity index (χ2v) is 11.1. The van der Waals surface area contributed by atoms with E-state index in [1.807, 2.05) is 18.5 Å². The summed E-state index contributed by atoms with van der Waals surface area (Å²) in [7, 11) is 0. The molecule has 4 nitrogen and oxygen atoms in total. The summed E-state index contributed by atoms with van der Waals surface area (Å²) in [5.41, 5.74) is 12.0. The van der Waals surface area contributed by atoms with Gasteiger partial charge in [0.1, 0.15) is 5.65 Å². The first-order chi connectivity index (χ1) is 21.8. The Morgan fingerprint density at radius 1 is 0.432 bits per heavy atom. The molecule has 206 valence electrons. The molecular formula is C40H26N4. The van der Waals surface area contributed by atoms with Crippen LogP contribution >= 0.6 is 0 Å². The minimum absolute atomic E-state index is 0.919. The van der Waals surface area contributed by atoms with Gasteiger partial charge in [0.15, 0.2) is 0 Å². The molecule has 5 aromatic carbocycles. The molecule has 0 saturated heterocycles. The van der Waals surface area contributed by atoms with Crippen LogP contribution in [0.5, 0.6) is 0 Å². The summed E-state index contributed by atoms with van der Waals surface area (Å²) in [4.78, 5) is 10.0. The molecule has 0 bridgehead atoms. The molecule has 9 rings (SSSR count). The summed E-state index contributed by atoms with van der Waals surface area (Å²) in [5, 5.41) is 3.32. The standard InChI is InChI=1S/C40H26N4/c1-4-13-27(14-5-1)29-23-30(28-15-6-2-7-16-28)25-32(24-29)44-35-20-11-10-19-33(35)37-39-34(26-42-40(37)44)38-36(21-12-22-41-38)43(39)31-17-8-3-9-18-31/h1-26H. The molecule has 44 heavy (non-hydrogen) atoms. The fourth-order valence-corrected chi connectivity index (χ4v) is 6.66. The van der Waals surface area contributed by atoms with Crippen LogP contribution < -0.4 is 0 Å². The van der Waals surface area contributed by atoms with E-state index in [4.69, 9.17) is 9.97 Å². The Balaban J connectivity index is 1.43. The molecule has 0 saturated carbocycles. The molecule has 0 aliphatic heterocycles. The molecule has 4 heteroatoms. The fraction of sp³-hybridized carbons (Fsp3) is 0. The minimum Gasteiger partial charge on any atom is -0.307 e. The highest BCUT2D eigenvalue weighted by molar-refractivity contribution is 6.24. The van der Waals surface area contributed by atoms with Gasteiger partial charge < -0.3 is 4.57 Å². The molecule has 0 unspecified atom stereocenters. The van der Waals surface area contributed by atoms with Gasteiger partial charge in [-0.05, 0) is 70.8 Å². The first-order valence-electron chi connectivity index (χ1n) is 14.8. The van der Waals surface area contributed by atoms with E-state index in [2.05, 4.69) is 149 Å². The maximum Gasteiger partial charge on any atom is 0.147 e. The third kappa shape index (κ3) is 3.71. The molecule has 0 aliphatic rings. The van der Waals surface area contributed by atoms with Gasteiger partial charge in [0.2, 0.25) is 0 Å². The van der Waals surface area contributed by atoms with Gasteiger partial charge in [-0.2, -0.15) is 0 Å². The van der Waals surface area contributed by atoms with Gasteiger partial charge in [-0.25, -0.2) is 4.98 Å². The van der Waals surface area contributed by atoms with Crippen molar-refractivity contribution >= 4 is 43.9 Å². The zero-order valence-electron chi connectivity index (χ0n) is 23.8. The van der Waals surface area contributed by atoms with Crippen LogP contribution in [0.15, 0.2) is 158 Å². The molecule has 0 radical (unpaired) electrons. The van der Waals surface area contributed by atoms with Gasteiger partial charge in [-0.15, -0.1) is 0 Å². The van der Waals surface area contributed by atoms with Gasteiger partial charge in [0.25, 0.3) is 0 Å². The zero-order valence-corrected chi connectivity index (χ0v) is 23.8. The highest BCUT2D eigenvalue weighted by atomic mass is 15.1. The van der Waals surface area contributed by atoms with Crippen LogP contribution in [0.25, 0.3) is 77.5 Å². The number of rotatable bonds is 4. The van der Waals surface area contributed by atoms with Crippen molar-refractivity contribution in [3.05, 3.63) is 158 Å². The molecule has 4 aromatic heterocycles. The fourth-order valence-electron chi connectivity index (χ4n) is 6.66. The maximum atomic E-state index is 5.19. The van der Waals surface area contributed by atoms with Gasteiger partial charge in [0, 0.05) is 34.5 Å². The number of fused-ring (bicyclic) bond motifs is 7. The molecule has 0 spiro atoms. The van der Waals surface area contributed by atoms with Crippen molar-refractivity contribution in [3.63, 3.8) is 0 Å². The first-order valence-corrected chi connectivity index (χ1v) is 14.8. The molecular weight excluding hydrogens is 536 g/mol. The summed E-state index contributed by atoms with van der Waals surface area (Å²) in [6, 6.07) is 51.4. The van der Waals surface area contributed by atoms with Crippen molar-refractivity contribution in [1.82, 2.24) is 19.1 Å². The predicted molar refractivity (Wildman–Crippen MR) is 182 cm³/mol. The lowest BCUT2D eigenvalue weighted by atomic mass is 9.98. The van der Waals surface area contributed by atoms with E-state index in [0.717, 1.165) is 66.4 Å². The molecule has 0 amide bonds. The van der Waals surface area contributed by atoms with E-state index in [9.17, 15) is 0 Å². The summed E-state index contributed by atoms with van der Waals surface area (Å²) in [5.74, 6) is 0. The molecule has 0 atom stereocenters. The van der Waals surface area contributed by atoms with Gasteiger partial charge in [-0.1, -0.05) is 97.1 Å². The number of hydrogen-bond acceptors (Lipinski definition) is 2. The normalized spacial score (nSPS) is 11.6. The van der Waals surface area contributed by atoms with Crippen molar-refractivity contribution in [2.45, 2.75) is 0 Å². The predicted octanol–water partition coefficient (Wildman–Crippen LogP) is 10.0. The summed E-state index contributed by atoms with van der Waals surface area (Å²) in [6.45, 7) is 0. The van der Waals surface area contributed by atoms with E-state index in [1.54, 1.807) is 0 Å². The Hall–Kier alpha value is -6.00. The minimum atomic E-state index is 0.919. The molecule has 0 aliphatic carbocycles. The van der Waals surface area contributed by atoms with Crippen LogP contribution in [0.3, 0.4) is 0 Å². The zero-order chi connectivity index (χ0) is 29.0. The van der Waals surface area contributed by atoms with E-state index in [1.165, 1.54) is 11.1 Å². The molecule has 0 fully saturated rings. The molecule has 0 N–H and O–H groups in total. The quantitative estimate of drug-likeness (QED) is 0.214. The summed E-state index contributed by atoms with van der Waals surface area (Å²) in [6.07, 6.45) is 3.87. The third-order valence-electron chi connectivity index (χ3n) is 8.57. The van der Waals surface area contributed by atoms with Crippen LogP contribution in [0.2, 0.25) is 0 Å². The number of pyridine rings is 2.